The van der Waals surface area contributed by atoms with Crippen LogP contribution >= 0.6 is 11.8 Å². The molecule has 4 nitrogen and oxygen atoms in total. The number of carbonyl (C=O) groups is 1. The highest BCUT2D eigenvalue weighted by Gasteiger charge is 2.06. The number of hydrogen-bond donors (Lipinski definition) is 0. The topological polar surface area (TPSA) is 44.8 Å². The Morgan fingerprint density at radius 2 is 1.92 bits per heavy atom. The predicted molar refractivity (Wildman–Crippen MR) is 47.1 cm³/mol. The fourth-order valence-electron chi connectivity index (χ4n) is 0.530. The van der Waals surface area contributed by atoms with Gasteiger partial charge in [-0.3, -0.25) is 4.79 Å². The molecule has 0 rings (SSSR count). The molecule has 0 unspecified atom stereocenters. The average molecular weight is 194 g/mol. The zero-order valence-electron chi connectivity index (χ0n) is 7.53. The molecule has 0 bridgehead atoms. The third-order valence-electron chi connectivity index (χ3n) is 1.23. The summed E-state index contributed by atoms with van der Waals surface area (Å²) in [5.74, 6) is 0.730. The van der Waals surface area contributed by atoms with E-state index >= 15 is 0 Å². The number of ether oxygens (including phenoxy) is 3. The molecule has 0 fully saturated rings. The van der Waals surface area contributed by atoms with Crippen LogP contribution in [0.25, 0.3) is 0 Å². The Kier molecular flexibility index (Phi) is 7.23. The van der Waals surface area contributed by atoms with E-state index in [0.29, 0.717) is 11.5 Å². The number of carbonyl (C=O) groups excluding carboxylic acids is 1. The van der Waals surface area contributed by atoms with Gasteiger partial charge in [0.2, 0.25) is 0 Å². The summed E-state index contributed by atoms with van der Waals surface area (Å²) < 4.78 is 14.3. The van der Waals surface area contributed by atoms with Gasteiger partial charge in [0.15, 0.2) is 6.29 Å². The quantitative estimate of drug-likeness (QED) is 0.455. The summed E-state index contributed by atoms with van der Waals surface area (Å²) in [5, 5.41) is 0. The molecule has 0 saturated carbocycles. The van der Waals surface area contributed by atoms with E-state index in [9.17, 15) is 4.79 Å². The second-order valence-electron chi connectivity index (χ2n) is 1.99. The lowest BCUT2D eigenvalue weighted by Crippen LogP contribution is -2.17. The highest BCUT2D eigenvalue weighted by molar-refractivity contribution is 7.99. The van der Waals surface area contributed by atoms with E-state index in [1.807, 2.05) is 0 Å². The van der Waals surface area contributed by atoms with Crippen molar-refractivity contribution in [3.63, 3.8) is 0 Å². The Morgan fingerprint density at radius 1 is 1.33 bits per heavy atom. The summed E-state index contributed by atoms with van der Waals surface area (Å²) in [4.78, 5) is 10.6. The van der Waals surface area contributed by atoms with Crippen molar-refractivity contribution in [3.05, 3.63) is 0 Å². The summed E-state index contributed by atoms with van der Waals surface area (Å²) in [5.41, 5.74) is 0. The molecule has 0 spiro atoms. The van der Waals surface area contributed by atoms with Crippen molar-refractivity contribution in [1.29, 1.82) is 0 Å². The van der Waals surface area contributed by atoms with Gasteiger partial charge < -0.3 is 14.2 Å². The van der Waals surface area contributed by atoms with Gasteiger partial charge in [-0.15, -0.1) is 11.8 Å². The van der Waals surface area contributed by atoms with Crippen molar-refractivity contribution in [2.75, 3.05) is 32.8 Å². The lowest BCUT2D eigenvalue weighted by Gasteiger charge is -2.11. The minimum Gasteiger partial charge on any atom is -0.468 e. The molecule has 0 aromatic heterocycles. The zero-order chi connectivity index (χ0) is 9.40. The predicted octanol–water partition coefficient (Wildman–Crippen LogP) is 0.511. The summed E-state index contributed by atoms with van der Waals surface area (Å²) in [6.07, 6.45) is -0.250. The van der Waals surface area contributed by atoms with Gasteiger partial charge in [0, 0.05) is 20.0 Å². The maximum Gasteiger partial charge on any atom is 0.315 e. The van der Waals surface area contributed by atoms with Crippen LogP contribution < -0.4 is 0 Å². The number of hydrogen-bond acceptors (Lipinski definition) is 5. The normalized spacial score (nSPS) is 10.3. The second-order valence-corrected chi connectivity index (χ2v) is 3.02. The first-order valence-electron chi connectivity index (χ1n) is 3.44. The largest absolute Gasteiger partial charge is 0.468 e. The first kappa shape index (κ1) is 11.7. The third kappa shape index (κ3) is 5.40. The van der Waals surface area contributed by atoms with Gasteiger partial charge in [-0.05, 0) is 0 Å². The first-order valence-corrected chi connectivity index (χ1v) is 4.60. The van der Waals surface area contributed by atoms with E-state index < -0.39 is 0 Å². The fraction of sp³-hybridized carbons (Fsp3) is 0.857. The van der Waals surface area contributed by atoms with Crippen LogP contribution in [0.4, 0.5) is 0 Å². The van der Waals surface area contributed by atoms with Gasteiger partial charge in [0.1, 0.15) is 0 Å². The lowest BCUT2D eigenvalue weighted by molar-refractivity contribution is -0.137. The Balaban J connectivity index is 3.34. The summed E-state index contributed by atoms with van der Waals surface area (Å²) in [6.45, 7) is 0. The molecule has 72 valence electrons. The lowest BCUT2D eigenvalue weighted by atomic mass is 10.7. The van der Waals surface area contributed by atoms with Crippen LogP contribution in [-0.2, 0) is 19.0 Å². The van der Waals surface area contributed by atoms with Crippen LogP contribution in [0.5, 0.6) is 0 Å². The van der Waals surface area contributed by atoms with E-state index in [4.69, 9.17) is 9.47 Å². The molecule has 0 N–H and O–H groups in total. The maximum atomic E-state index is 10.6. The summed E-state index contributed by atoms with van der Waals surface area (Å²) in [6, 6.07) is 0. The molecule has 0 saturated heterocycles. The Bertz CT molecular complexity index is 125. The van der Waals surface area contributed by atoms with Gasteiger partial charge in [-0.25, -0.2) is 0 Å². The summed E-state index contributed by atoms with van der Waals surface area (Å²) in [7, 11) is 4.49. The average Bonchev–Trinajstić information content (AvgIpc) is 2.12. The van der Waals surface area contributed by atoms with Crippen molar-refractivity contribution in [3.8, 4) is 0 Å². The standard InChI is InChI=1S/C7H14O4S/c1-9-6(8)4-12-5-7(10-2)11-3/h7H,4-5H2,1-3H3. The second kappa shape index (κ2) is 7.39. The number of thioether (sulfide) groups is 1. The van der Waals surface area contributed by atoms with E-state index in [1.165, 1.54) is 18.9 Å². The highest BCUT2D eigenvalue weighted by atomic mass is 32.2. The Labute approximate surface area is 76.6 Å². The molecule has 0 amide bonds. The zero-order valence-corrected chi connectivity index (χ0v) is 8.35. The first-order chi connectivity index (χ1) is 5.74. The van der Waals surface area contributed by atoms with Crippen molar-refractivity contribution < 1.29 is 19.0 Å². The minimum absolute atomic E-state index is 0.231. The number of esters is 1. The van der Waals surface area contributed by atoms with Crippen LogP contribution in [0.3, 0.4) is 0 Å². The van der Waals surface area contributed by atoms with Crippen LogP contribution in [-0.4, -0.2) is 45.1 Å². The van der Waals surface area contributed by atoms with Gasteiger partial charge >= 0.3 is 5.97 Å². The van der Waals surface area contributed by atoms with Crippen molar-refractivity contribution in [1.82, 2.24) is 0 Å². The Hall–Kier alpha value is -0.260. The molecule has 0 atom stereocenters. The van der Waals surface area contributed by atoms with E-state index in [-0.39, 0.29) is 12.3 Å². The smallest absolute Gasteiger partial charge is 0.315 e. The molecule has 0 radical (unpaired) electrons. The molecule has 0 aromatic carbocycles. The van der Waals surface area contributed by atoms with Gasteiger partial charge in [-0.1, -0.05) is 0 Å². The Morgan fingerprint density at radius 3 is 2.33 bits per heavy atom. The van der Waals surface area contributed by atoms with E-state index in [1.54, 1.807) is 14.2 Å². The molecule has 5 heteroatoms. The molecule has 0 heterocycles. The van der Waals surface area contributed by atoms with Crippen molar-refractivity contribution >= 4 is 17.7 Å². The van der Waals surface area contributed by atoms with Gasteiger partial charge in [-0.2, -0.15) is 0 Å². The van der Waals surface area contributed by atoms with Crippen molar-refractivity contribution in [2.45, 2.75) is 6.29 Å². The molecular weight excluding hydrogens is 180 g/mol. The number of methoxy groups -OCH3 is 3. The third-order valence-corrected chi connectivity index (χ3v) is 2.17. The molecule has 0 aliphatic carbocycles. The number of rotatable bonds is 6. The maximum absolute atomic E-state index is 10.6. The molecule has 0 aliphatic rings. The van der Waals surface area contributed by atoms with E-state index in [0.717, 1.165) is 0 Å². The summed E-state index contributed by atoms with van der Waals surface area (Å²) >= 11 is 1.42. The molecular formula is C7H14O4S. The van der Waals surface area contributed by atoms with E-state index in [2.05, 4.69) is 4.74 Å². The monoisotopic (exact) mass is 194 g/mol. The van der Waals surface area contributed by atoms with Gasteiger partial charge in [0.25, 0.3) is 0 Å². The SMILES string of the molecule is COC(=O)CSCC(OC)OC. The molecule has 12 heavy (non-hydrogen) atoms. The van der Waals surface area contributed by atoms with Gasteiger partial charge in [0.05, 0.1) is 12.9 Å². The van der Waals surface area contributed by atoms with Crippen LogP contribution in [0, 0.1) is 0 Å². The molecule has 0 aliphatic heterocycles. The molecule has 0 aromatic rings. The minimum atomic E-state index is -0.250. The fourth-order valence-corrected chi connectivity index (χ4v) is 1.40. The van der Waals surface area contributed by atoms with Crippen LogP contribution in [0.15, 0.2) is 0 Å². The highest BCUT2D eigenvalue weighted by Crippen LogP contribution is 2.05. The van der Waals surface area contributed by atoms with Crippen LogP contribution in [0.2, 0.25) is 0 Å². The van der Waals surface area contributed by atoms with Crippen LogP contribution in [0.1, 0.15) is 0 Å². The van der Waals surface area contributed by atoms with Crippen molar-refractivity contribution in [2.24, 2.45) is 0 Å².